The van der Waals surface area contributed by atoms with Gasteiger partial charge in [-0.05, 0) is 37.6 Å². The first kappa shape index (κ1) is 22.1. The second-order valence-corrected chi connectivity index (χ2v) is 9.19. The van der Waals surface area contributed by atoms with Gasteiger partial charge in [0.05, 0.1) is 12.4 Å². The lowest BCUT2D eigenvalue weighted by Crippen LogP contribution is -2.23. The first-order chi connectivity index (χ1) is 15.5. The molecule has 0 spiro atoms. The Hall–Kier alpha value is -3.11. The van der Waals surface area contributed by atoms with E-state index in [1.807, 2.05) is 36.6 Å². The second-order valence-electron chi connectivity index (χ2n) is 6.95. The van der Waals surface area contributed by atoms with Crippen molar-refractivity contribution in [3.8, 4) is 22.6 Å². The van der Waals surface area contributed by atoms with Crippen LogP contribution in [-0.4, -0.2) is 47.4 Å². The van der Waals surface area contributed by atoms with Gasteiger partial charge in [-0.15, -0.1) is 11.3 Å². The minimum absolute atomic E-state index is 0.244. The van der Waals surface area contributed by atoms with Crippen molar-refractivity contribution in [3.63, 3.8) is 0 Å². The minimum atomic E-state index is -0.529. The number of benzene rings is 1. The highest BCUT2D eigenvalue weighted by Crippen LogP contribution is 2.40. The Bertz CT molecular complexity index is 1160. The molecule has 0 fully saturated rings. The summed E-state index contributed by atoms with van der Waals surface area (Å²) in [6.45, 7) is 4.61. The van der Waals surface area contributed by atoms with Gasteiger partial charge in [0.25, 0.3) is 0 Å². The average Bonchev–Trinajstić information content (AvgIpc) is 3.21. The largest absolute Gasteiger partial charge is 0.486 e. The molecule has 1 atom stereocenters. The average molecular weight is 472 g/mol. The molecule has 3 heterocycles. The number of carbonyl (C=O) groups is 2. The van der Waals surface area contributed by atoms with Gasteiger partial charge in [0.15, 0.2) is 11.5 Å². The number of aryl methyl sites for hydroxylation is 1. The van der Waals surface area contributed by atoms with Crippen LogP contribution in [0.5, 0.6) is 11.5 Å². The van der Waals surface area contributed by atoms with Gasteiger partial charge >= 0.3 is 5.97 Å². The van der Waals surface area contributed by atoms with E-state index in [4.69, 9.17) is 14.2 Å². The topological polar surface area (TPSA) is 99.6 Å². The van der Waals surface area contributed by atoms with E-state index in [2.05, 4.69) is 15.3 Å². The van der Waals surface area contributed by atoms with E-state index >= 15 is 0 Å². The van der Waals surface area contributed by atoms with Gasteiger partial charge < -0.3 is 19.5 Å². The summed E-state index contributed by atoms with van der Waals surface area (Å²) in [4.78, 5) is 33.7. The molecule has 32 heavy (non-hydrogen) atoms. The van der Waals surface area contributed by atoms with Crippen LogP contribution in [0.2, 0.25) is 0 Å². The second kappa shape index (κ2) is 9.58. The third kappa shape index (κ3) is 4.71. The summed E-state index contributed by atoms with van der Waals surface area (Å²) < 4.78 is 16.2. The molecule has 3 aromatic rings. The smallest absolute Gasteiger partial charge is 0.341 e. The zero-order chi connectivity index (χ0) is 22.7. The lowest BCUT2D eigenvalue weighted by atomic mass is 10.0. The highest BCUT2D eigenvalue weighted by molar-refractivity contribution is 8.00. The SMILES string of the molecule is COC(=O)c1c(-c2ccc3c(c2)OCCO3)csc1NC(=O)C(C)Sc1cc(C)ncn1. The number of thiophene rings is 1. The molecular formula is C22H21N3O5S2. The zero-order valence-electron chi connectivity index (χ0n) is 17.7. The van der Waals surface area contributed by atoms with E-state index in [0.717, 1.165) is 11.3 Å². The molecule has 1 N–H and O–H groups in total. The van der Waals surface area contributed by atoms with Gasteiger partial charge in [0.1, 0.15) is 35.1 Å². The predicted octanol–water partition coefficient (Wildman–Crippen LogP) is 4.19. The van der Waals surface area contributed by atoms with Crippen LogP contribution in [0.25, 0.3) is 11.1 Å². The van der Waals surface area contributed by atoms with Crippen LogP contribution in [0.3, 0.4) is 0 Å². The third-order valence-electron chi connectivity index (χ3n) is 4.72. The number of nitrogens with zero attached hydrogens (tertiary/aromatic N) is 2. The van der Waals surface area contributed by atoms with Crippen LogP contribution < -0.4 is 14.8 Å². The van der Waals surface area contributed by atoms with Crippen LogP contribution in [-0.2, 0) is 9.53 Å². The van der Waals surface area contributed by atoms with E-state index in [1.165, 1.54) is 36.5 Å². The van der Waals surface area contributed by atoms with Crippen LogP contribution in [0, 0.1) is 6.92 Å². The van der Waals surface area contributed by atoms with Crippen LogP contribution in [0.15, 0.2) is 41.0 Å². The van der Waals surface area contributed by atoms with Crippen molar-refractivity contribution in [2.45, 2.75) is 24.1 Å². The van der Waals surface area contributed by atoms with E-state index in [-0.39, 0.29) is 5.91 Å². The van der Waals surface area contributed by atoms with E-state index < -0.39 is 11.2 Å². The molecule has 2 aromatic heterocycles. The van der Waals surface area contributed by atoms with Gasteiger partial charge in [-0.1, -0.05) is 17.8 Å². The summed E-state index contributed by atoms with van der Waals surface area (Å²) in [5.74, 6) is 0.505. The van der Waals surface area contributed by atoms with Crippen molar-refractivity contribution in [2.75, 3.05) is 25.6 Å². The summed E-state index contributed by atoms with van der Waals surface area (Å²) in [6, 6.07) is 7.30. The fourth-order valence-corrected chi connectivity index (χ4v) is 4.96. The van der Waals surface area contributed by atoms with E-state index in [1.54, 1.807) is 6.92 Å². The van der Waals surface area contributed by atoms with Gasteiger partial charge in [0.2, 0.25) is 5.91 Å². The molecule has 8 nitrogen and oxygen atoms in total. The Balaban J connectivity index is 1.58. The van der Waals surface area contributed by atoms with Crippen molar-refractivity contribution in [1.82, 2.24) is 9.97 Å². The lowest BCUT2D eigenvalue weighted by molar-refractivity contribution is -0.115. The van der Waals surface area contributed by atoms with Gasteiger partial charge in [0, 0.05) is 16.6 Å². The Morgan fingerprint density at radius 1 is 1.19 bits per heavy atom. The zero-order valence-corrected chi connectivity index (χ0v) is 19.3. The maximum Gasteiger partial charge on any atom is 0.341 e. The fraction of sp³-hybridized carbons (Fsp3) is 0.273. The monoisotopic (exact) mass is 471 g/mol. The van der Waals surface area contributed by atoms with E-state index in [0.29, 0.717) is 45.9 Å². The van der Waals surface area contributed by atoms with Crippen LogP contribution in [0.1, 0.15) is 23.0 Å². The number of thioether (sulfide) groups is 1. The number of nitrogens with one attached hydrogen (secondary N) is 1. The highest BCUT2D eigenvalue weighted by Gasteiger charge is 2.25. The molecule has 0 saturated heterocycles. The molecule has 1 aromatic carbocycles. The van der Waals surface area contributed by atoms with Crippen molar-refractivity contribution >= 4 is 40.0 Å². The summed E-state index contributed by atoms with van der Waals surface area (Å²) >= 11 is 2.59. The third-order valence-corrected chi connectivity index (χ3v) is 6.64. The first-order valence-electron chi connectivity index (χ1n) is 9.82. The molecule has 0 bridgehead atoms. The number of methoxy groups -OCH3 is 1. The Morgan fingerprint density at radius 3 is 2.72 bits per heavy atom. The molecule has 1 amide bonds. The summed E-state index contributed by atoms with van der Waals surface area (Å²) in [7, 11) is 1.31. The molecule has 0 saturated carbocycles. The number of amides is 1. The number of anilines is 1. The normalized spacial score (nSPS) is 13.3. The molecule has 0 radical (unpaired) electrons. The number of carbonyl (C=O) groups excluding carboxylic acids is 2. The lowest BCUT2D eigenvalue weighted by Gasteiger charge is -2.19. The number of aromatic nitrogens is 2. The minimum Gasteiger partial charge on any atom is -0.486 e. The van der Waals surface area contributed by atoms with E-state index in [9.17, 15) is 9.59 Å². The van der Waals surface area contributed by atoms with Crippen molar-refractivity contribution in [1.29, 1.82) is 0 Å². The molecule has 4 rings (SSSR count). The summed E-state index contributed by atoms with van der Waals surface area (Å²) in [6.07, 6.45) is 1.47. The number of rotatable bonds is 6. The Kier molecular flexibility index (Phi) is 6.61. The summed E-state index contributed by atoms with van der Waals surface area (Å²) in [5, 5.41) is 5.39. The molecule has 0 aliphatic carbocycles. The van der Waals surface area contributed by atoms with Crippen molar-refractivity contribution in [2.24, 2.45) is 0 Å². The Labute approximate surface area is 193 Å². The number of hydrogen-bond acceptors (Lipinski definition) is 9. The number of hydrogen-bond donors (Lipinski definition) is 1. The van der Waals surface area contributed by atoms with Crippen LogP contribution >= 0.6 is 23.1 Å². The molecule has 10 heteroatoms. The number of esters is 1. The molecule has 1 unspecified atom stereocenters. The van der Waals surface area contributed by atoms with Crippen molar-refractivity contribution in [3.05, 3.63) is 47.2 Å². The molecular weight excluding hydrogens is 450 g/mol. The number of fused-ring (bicyclic) bond motifs is 1. The van der Waals surface area contributed by atoms with Crippen LogP contribution in [0.4, 0.5) is 5.00 Å². The predicted molar refractivity (Wildman–Crippen MR) is 123 cm³/mol. The highest BCUT2D eigenvalue weighted by atomic mass is 32.2. The standard InChI is InChI=1S/C22H21N3O5S2/c1-12-8-18(24-11-23-12)32-13(2)20(26)25-21-19(22(27)28-3)15(10-31-21)14-4-5-16-17(9-14)30-7-6-29-16/h4-5,8-11,13H,6-7H2,1-3H3,(H,25,26). The first-order valence-corrected chi connectivity index (χ1v) is 11.6. The van der Waals surface area contributed by atoms with Gasteiger partial charge in [-0.2, -0.15) is 0 Å². The fourth-order valence-electron chi connectivity index (χ4n) is 3.12. The Morgan fingerprint density at radius 2 is 1.97 bits per heavy atom. The maximum atomic E-state index is 12.8. The van der Waals surface area contributed by atoms with Crippen molar-refractivity contribution < 1.29 is 23.8 Å². The quantitative estimate of drug-likeness (QED) is 0.325. The van der Waals surface area contributed by atoms with Gasteiger partial charge in [-0.25, -0.2) is 14.8 Å². The van der Waals surface area contributed by atoms with Gasteiger partial charge in [-0.3, -0.25) is 4.79 Å². The number of ether oxygens (including phenoxy) is 3. The molecule has 1 aliphatic rings. The summed E-state index contributed by atoms with van der Waals surface area (Å²) in [5.41, 5.74) is 2.55. The molecule has 1 aliphatic heterocycles. The molecule has 166 valence electrons. The maximum absolute atomic E-state index is 12.8.